The molecule has 3 heterocycles. The second-order valence-electron chi connectivity index (χ2n) is 10.4. The van der Waals surface area contributed by atoms with E-state index in [2.05, 4.69) is 26.9 Å². The molecule has 3 N–H and O–H groups in total. The number of nitrogens with one attached hydrogen (secondary N) is 3. The third kappa shape index (κ3) is 4.99. The first-order valence-corrected chi connectivity index (χ1v) is 14.5. The molecule has 6 rings (SSSR count). The number of pyridine rings is 2. The molecule has 4 unspecified atom stereocenters. The number of sulfonamides is 1. The molecule has 11 heteroatoms. The first kappa shape index (κ1) is 25.4. The summed E-state index contributed by atoms with van der Waals surface area (Å²) in [6.07, 6.45) is 6.40. The van der Waals surface area contributed by atoms with E-state index in [1.807, 2.05) is 42.5 Å². The minimum atomic E-state index is -3.73. The van der Waals surface area contributed by atoms with Crippen molar-refractivity contribution in [2.45, 2.75) is 48.6 Å². The Labute approximate surface area is 226 Å². The van der Waals surface area contributed by atoms with Crippen LogP contribution in [0.4, 0.5) is 0 Å². The maximum atomic E-state index is 13.2. The van der Waals surface area contributed by atoms with Crippen LogP contribution in [0.5, 0.6) is 5.88 Å². The quantitative estimate of drug-likeness (QED) is 0.346. The molecular formula is C28H29N5O5S. The summed E-state index contributed by atoms with van der Waals surface area (Å²) in [5.41, 5.74) is 0.360. The van der Waals surface area contributed by atoms with Crippen molar-refractivity contribution >= 4 is 32.6 Å². The van der Waals surface area contributed by atoms with Crippen LogP contribution in [0, 0.1) is 5.92 Å². The molecular weight excluding hydrogens is 518 g/mol. The van der Waals surface area contributed by atoms with Gasteiger partial charge in [-0.2, -0.15) is 0 Å². The summed E-state index contributed by atoms with van der Waals surface area (Å²) in [7, 11) is -3.73. The fraction of sp³-hybridized carbons (Fsp3) is 0.357. The maximum Gasteiger partial charge on any atom is 0.259 e. The second kappa shape index (κ2) is 9.73. The SMILES string of the molecule is C=CC1CC1(NC(=O)C1CC(Oc2nc(-c3ccncc3)cc3ccccc23)CN1)C(=O)NS(=O)(=O)C1CC1. The summed E-state index contributed by atoms with van der Waals surface area (Å²) in [6, 6.07) is 13.0. The van der Waals surface area contributed by atoms with Crippen molar-refractivity contribution in [3.63, 3.8) is 0 Å². The van der Waals surface area contributed by atoms with Crippen LogP contribution < -0.4 is 20.1 Å². The van der Waals surface area contributed by atoms with Crippen LogP contribution in [0.1, 0.15) is 25.7 Å². The van der Waals surface area contributed by atoms with Gasteiger partial charge in [0.05, 0.1) is 17.0 Å². The molecule has 10 nitrogen and oxygen atoms in total. The van der Waals surface area contributed by atoms with Crippen molar-refractivity contribution in [2.24, 2.45) is 5.92 Å². The number of hydrogen-bond acceptors (Lipinski definition) is 8. The molecule has 1 aliphatic heterocycles. The Morgan fingerprint density at radius 3 is 2.64 bits per heavy atom. The van der Waals surface area contributed by atoms with E-state index in [4.69, 9.17) is 9.72 Å². The number of carbonyl (C=O) groups excluding carboxylic acids is 2. The summed E-state index contributed by atoms with van der Waals surface area (Å²) >= 11 is 0. The Kier molecular flexibility index (Phi) is 6.35. The molecule has 3 aliphatic rings. The molecule has 3 aromatic rings. The third-order valence-electron chi connectivity index (χ3n) is 7.62. The van der Waals surface area contributed by atoms with Gasteiger partial charge in [0, 0.05) is 42.2 Å². The van der Waals surface area contributed by atoms with Gasteiger partial charge >= 0.3 is 0 Å². The Morgan fingerprint density at radius 2 is 1.92 bits per heavy atom. The van der Waals surface area contributed by atoms with Gasteiger partial charge in [-0.25, -0.2) is 13.4 Å². The van der Waals surface area contributed by atoms with Crippen LogP contribution in [0.15, 0.2) is 67.5 Å². The number of benzene rings is 1. The number of amides is 2. The smallest absolute Gasteiger partial charge is 0.259 e. The largest absolute Gasteiger partial charge is 0.472 e. The van der Waals surface area contributed by atoms with Gasteiger partial charge in [0.25, 0.3) is 5.91 Å². The predicted molar refractivity (Wildman–Crippen MR) is 145 cm³/mol. The van der Waals surface area contributed by atoms with E-state index in [1.165, 1.54) is 0 Å². The van der Waals surface area contributed by atoms with Gasteiger partial charge in [-0.05, 0) is 48.9 Å². The van der Waals surface area contributed by atoms with E-state index in [-0.39, 0.29) is 17.9 Å². The van der Waals surface area contributed by atoms with E-state index in [0.29, 0.717) is 38.1 Å². The molecule has 2 amide bonds. The monoisotopic (exact) mass is 547 g/mol. The van der Waals surface area contributed by atoms with E-state index < -0.39 is 32.8 Å². The average molecular weight is 548 g/mol. The van der Waals surface area contributed by atoms with Crippen molar-refractivity contribution in [3.05, 3.63) is 67.5 Å². The van der Waals surface area contributed by atoms with Gasteiger partial charge in [-0.1, -0.05) is 24.3 Å². The fourth-order valence-corrected chi connectivity index (χ4v) is 6.46. The van der Waals surface area contributed by atoms with Crippen molar-refractivity contribution in [2.75, 3.05) is 6.54 Å². The second-order valence-corrected chi connectivity index (χ2v) is 12.3. The van der Waals surface area contributed by atoms with E-state index >= 15 is 0 Å². The molecule has 1 aromatic carbocycles. The van der Waals surface area contributed by atoms with Crippen molar-refractivity contribution < 1.29 is 22.7 Å². The lowest BCUT2D eigenvalue weighted by molar-refractivity contribution is -0.130. The fourth-order valence-electron chi connectivity index (χ4n) is 5.10. The number of ether oxygens (including phenoxy) is 1. The highest BCUT2D eigenvalue weighted by molar-refractivity contribution is 7.91. The van der Waals surface area contributed by atoms with Crippen LogP contribution in [0.2, 0.25) is 0 Å². The highest BCUT2D eigenvalue weighted by Crippen LogP contribution is 2.45. The Bertz CT molecular complexity index is 1560. The maximum absolute atomic E-state index is 13.2. The van der Waals surface area contributed by atoms with Gasteiger partial charge in [0.15, 0.2) is 0 Å². The predicted octanol–water partition coefficient (Wildman–Crippen LogP) is 2.08. The third-order valence-corrected chi connectivity index (χ3v) is 9.43. The van der Waals surface area contributed by atoms with E-state index in [0.717, 1.165) is 22.0 Å². The standard InChI is InChI=1S/C28H29N5O5S/c1-2-19-15-28(19,27(35)33-39(36,37)21-7-8-21)32-25(34)24-14-20(16-30-24)38-26-22-6-4-3-5-18(22)13-23(31-26)17-9-11-29-12-10-17/h2-6,9-13,19-21,24,30H,1,7-8,14-16H2,(H,32,34)(H,33,35). The van der Waals surface area contributed by atoms with Crippen molar-refractivity contribution in [1.29, 1.82) is 0 Å². The Balaban J connectivity index is 1.15. The molecule has 3 fully saturated rings. The van der Waals surface area contributed by atoms with Gasteiger partial charge < -0.3 is 15.4 Å². The summed E-state index contributed by atoms with van der Waals surface area (Å²) in [6.45, 7) is 4.15. The Hall–Kier alpha value is -3.83. The van der Waals surface area contributed by atoms with Gasteiger partial charge in [-0.15, -0.1) is 6.58 Å². The molecule has 1 saturated heterocycles. The molecule has 0 bridgehead atoms. The topological polar surface area (TPSA) is 139 Å². The zero-order valence-corrected chi connectivity index (χ0v) is 22.0. The van der Waals surface area contributed by atoms with E-state index in [9.17, 15) is 18.0 Å². The summed E-state index contributed by atoms with van der Waals surface area (Å²) in [5.74, 6) is -0.951. The molecule has 0 spiro atoms. The lowest BCUT2D eigenvalue weighted by atomic mass is 10.1. The summed E-state index contributed by atoms with van der Waals surface area (Å²) < 4.78 is 33.2. The van der Waals surface area contributed by atoms with Crippen molar-refractivity contribution in [3.8, 4) is 17.1 Å². The van der Waals surface area contributed by atoms with Crippen LogP contribution in [0.25, 0.3) is 22.0 Å². The normalized spacial score (nSPS) is 26.1. The van der Waals surface area contributed by atoms with Crippen LogP contribution in [-0.2, 0) is 19.6 Å². The highest BCUT2D eigenvalue weighted by Gasteiger charge is 2.61. The molecule has 39 heavy (non-hydrogen) atoms. The zero-order chi connectivity index (χ0) is 27.2. The molecule has 2 aromatic heterocycles. The van der Waals surface area contributed by atoms with Gasteiger partial charge in [-0.3, -0.25) is 19.3 Å². The lowest BCUT2D eigenvalue weighted by Gasteiger charge is -2.21. The summed E-state index contributed by atoms with van der Waals surface area (Å²) in [4.78, 5) is 35.0. The van der Waals surface area contributed by atoms with Crippen LogP contribution >= 0.6 is 0 Å². The van der Waals surface area contributed by atoms with Crippen LogP contribution in [0.3, 0.4) is 0 Å². The van der Waals surface area contributed by atoms with Crippen LogP contribution in [-0.4, -0.2) is 59.7 Å². The number of rotatable bonds is 9. The minimum absolute atomic E-state index is 0.304. The Morgan fingerprint density at radius 1 is 1.15 bits per heavy atom. The molecule has 0 radical (unpaired) electrons. The first-order valence-electron chi connectivity index (χ1n) is 13.0. The van der Waals surface area contributed by atoms with Gasteiger partial charge in [0.1, 0.15) is 11.6 Å². The number of nitrogens with zero attached hydrogens (tertiary/aromatic N) is 2. The highest BCUT2D eigenvalue weighted by atomic mass is 32.2. The first-order chi connectivity index (χ1) is 18.8. The summed E-state index contributed by atoms with van der Waals surface area (Å²) in [5, 5.41) is 7.29. The molecule has 2 saturated carbocycles. The van der Waals surface area contributed by atoms with Gasteiger partial charge in [0.2, 0.25) is 21.8 Å². The number of aromatic nitrogens is 2. The average Bonchev–Trinajstić information content (AvgIpc) is 3.86. The number of fused-ring (bicyclic) bond motifs is 1. The minimum Gasteiger partial charge on any atom is -0.472 e. The number of carbonyl (C=O) groups is 2. The zero-order valence-electron chi connectivity index (χ0n) is 21.2. The number of hydrogen-bond donors (Lipinski definition) is 3. The molecule has 2 aliphatic carbocycles. The lowest BCUT2D eigenvalue weighted by Crippen LogP contribution is -2.55. The molecule has 202 valence electrons. The molecule has 4 atom stereocenters. The van der Waals surface area contributed by atoms with E-state index in [1.54, 1.807) is 18.5 Å². The van der Waals surface area contributed by atoms with Crippen molar-refractivity contribution in [1.82, 2.24) is 25.3 Å².